The molecule has 64 heavy (non-hydrogen) atoms. The van der Waals surface area contributed by atoms with Crippen LogP contribution < -0.4 is 16.0 Å². The van der Waals surface area contributed by atoms with E-state index in [1.165, 1.54) is 103 Å². The van der Waals surface area contributed by atoms with Crippen LogP contribution >= 0.6 is 7.82 Å². The highest BCUT2D eigenvalue weighted by atomic mass is 31.2. The minimum atomic E-state index is -4.82. The molecule has 0 aromatic rings. The average Bonchev–Trinajstić information content (AvgIpc) is 3.24. The van der Waals surface area contributed by atoms with Crippen LogP contribution in [0.1, 0.15) is 245 Å². The number of phosphoric acid groups is 1. The first kappa shape index (κ1) is 61.9. The Morgan fingerprint density at radius 1 is 0.547 bits per heavy atom. The lowest BCUT2D eigenvalue weighted by atomic mass is 10.0. The van der Waals surface area contributed by atoms with Crippen LogP contribution in [0, 0.1) is 0 Å². The van der Waals surface area contributed by atoms with Gasteiger partial charge in [-0.05, 0) is 44.9 Å². The summed E-state index contributed by atoms with van der Waals surface area (Å²) in [5.41, 5.74) is 0. The molecule has 0 aromatic heterocycles. The zero-order valence-electron chi connectivity index (χ0n) is 40.8. The highest BCUT2D eigenvalue weighted by Crippen LogP contribution is 2.36. The Morgan fingerprint density at radius 3 is 1.48 bits per heavy atom. The normalized spacial score (nSPS) is 13.5. The molecule has 0 saturated heterocycles. The van der Waals surface area contributed by atoms with E-state index in [0.717, 1.165) is 70.6 Å². The van der Waals surface area contributed by atoms with Crippen LogP contribution in [0.5, 0.6) is 0 Å². The number of esters is 1. The van der Waals surface area contributed by atoms with Crippen molar-refractivity contribution in [1.82, 2.24) is 16.0 Å². The van der Waals surface area contributed by atoms with Crippen molar-refractivity contribution >= 4 is 31.5 Å². The van der Waals surface area contributed by atoms with Gasteiger partial charge in [-0.1, -0.05) is 181 Å². The number of rotatable bonds is 47. The number of carbonyl (C=O) groups excluding carboxylic acids is 4. The van der Waals surface area contributed by atoms with Gasteiger partial charge in [0.15, 0.2) is 0 Å². The van der Waals surface area contributed by atoms with Crippen molar-refractivity contribution < 1.29 is 53.0 Å². The molecule has 378 valence electrons. The predicted octanol–water partition coefficient (Wildman–Crippen LogP) is 10.2. The summed E-state index contributed by atoms with van der Waals surface area (Å²) in [5, 5.41) is 28.3. The summed E-state index contributed by atoms with van der Waals surface area (Å²) < 4.78 is 22.0. The molecule has 0 aliphatic heterocycles. The number of aliphatic hydroxyl groups is 2. The number of carbonyl (C=O) groups is 4. The van der Waals surface area contributed by atoms with Crippen LogP contribution in [0.15, 0.2) is 0 Å². The third kappa shape index (κ3) is 41.3. The number of phosphoric ester groups is 1. The molecular formula is C49H96N3O11P. The van der Waals surface area contributed by atoms with Gasteiger partial charge >= 0.3 is 13.8 Å². The van der Waals surface area contributed by atoms with Crippen LogP contribution in [0.25, 0.3) is 0 Å². The molecule has 14 nitrogen and oxygen atoms in total. The van der Waals surface area contributed by atoms with Gasteiger partial charge in [0.1, 0.15) is 12.1 Å². The van der Waals surface area contributed by atoms with Crippen molar-refractivity contribution in [3.8, 4) is 0 Å². The van der Waals surface area contributed by atoms with E-state index >= 15 is 0 Å². The highest BCUT2D eigenvalue weighted by molar-refractivity contribution is 7.46. The van der Waals surface area contributed by atoms with Crippen molar-refractivity contribution in [3.05, 3.63) is 0 Å². The number of hydrogen-bond acceptors (Lipinski definition) is 9. The molecule has 0 heterocycles. The van der Waals surface area contributed by atoms with Gasteiger partial charge in [0.05, 0.1) is 31.6 Å². The van der Waals surface area contributed by atoms with E-state index in [-0.39, 0.29) is 51.2 Å². The van der Waals surface area contributed by atoms with E-state index in [0.29, 0.717) is 19.3 Å². The summed E-state index contributed by atoms with van der Waals surface area (Å²) in [6, 6.07) is -1.83. The van der Waals surface area contributed by atoms with E-state index in [1.807, 2.05) is 0 Å². The first-order chi connectivity index (χ1) is 30.8. The second-order valence-electron chi connectivity index (χ2n) is 18.1. The van der Waals surface area contributed by atoms with Crippen LogP contribution in [0.4, 0.5) is 0 Å². The molecule has 0 saturated carbocycles. The number of amides is 3. The lowest BCUT2D eigenvalue weighted by Gasteiger charge is -2.22. The van der Waals surface area contributed by atoms with Gasteiger partial charge in [-0.3, -0.25) is 23.7 Å². The van der Waals surface area contributed by atoms with E-state index in [4.69, 9.17) is 4.74 Å². The molecule has 0 rings (SSSR count). The largest absolute Gasteiger partial charge is 0.469 e. The molecule has 0 aromatic carbocycles. The second-order valence-corrected chi connectivity index (χ2v) is 19.3. The minimum Gasteiger partial charge on any atom is -0.462 e. The van der Waals surface area contributed by atoms with E-state index in [2.05, 4.69) is 41.2 Å². The zero-order chi connectivity index (χ0) is 47.5. The van der Waals surface area contributed by atoms with Crippen molar-refractivity contribution in [1.29, 1.82) is 0 Å². The fourth-order valence-electron chi connectivity index (χ4n) is 7.93. The van der Waals surface area contributed by atoms with Gasteiger partial charge in [-0.25, -0.2) is 4.57 Å². The maximum Gasteiger partial charge on any atom is 0.469 e. The Balaban J connectivity index is 5.06. The lowest BCUT2D eigenvalue weighted by Crippen LogP contribution is -2.48. The molecule has 15 heteroatoms. The molecule has 0 bridgehead atoms. The smallest absolute Gasteiger partial charge is 0.462 e. The standard InChI is InChI=1S/C49H96N3O11P/c1-4-7-10-13-16-19-22-25-28-33-43(54)39-46(55)51-42(41-62-64(59,60)61)32-31-37-50-49(58)45(36-38-53)52-47(56)40-44(34-29-26-23-20-17-14-11-8-5-2)63-48(57)35-30-27-24-21-18-15-12-9-6-3/h42-45,53-54H,4-41H2,1-3H3,(H,50,58)(H,51,55)(H,52,56)(H2,59,60,61)/t42?,43-,44-,45?/m1/s1. The maximum absolute atomic E-state index is 13.3. The third-order valence-electron chi connectivity index (χ3n) is 11.8. The highest BCUT2D eigenvalue weighted by Gasteiger charge is 2.25. The van der Waals surface area contributed by atoms with E-state index < -0.39 is 56.4 Å². The minimum absolute atomic E-state index is 0.0327. The molecular weight excluding hydrogens is 838 g/mol. The topological polar surface area (TPSA) is 221 Å². The number of nitrogens with one attached hydrogen (secondary N) is 3. The maximum atomic E-state index is 13.3. The van der Waals surface area contributed by atoms with Gasteiger partial charge in [0.2, 0.25) is 17.7 Å². The Morgan fingerprint density at radius 2 is 1.00 bits per heavy atom. The second kappa shape index (κ2) is 43.5. The number of aliphatic hydroxyl groups excluding tert-OH is 2. The summed E-state index contributed by atoms with van der Waals surface area (Å²) in [5.74, 6) is -1.76. The molecule has 0 aliphatic carbocycles. The Bertz CT molecular complexity index is 1190. The van der Waals surface area contributed by atoms with Gasteiger partial charge in [-0.2, -0.15) is 0 Å². The first-order valence-electron chi connectivity index (χ1n) is 25.9. The summed E-state index contributed by atoms with van der Waals surface area (Å²) in [4.78, 5) is 70.7. The fraction of sp³-hybridized carbons (Fsp3) is 0.918. The Labute approximate surface area is 389 Å². The first-order valence-corrected chi connectivity index (χ1v) is 27.4. The summed E-state index contributed by atoms with van der Waals surface area (Å²) in [6.07, 6.45) is 30.8. The monoisotopic (exact) mass is 934 g/mol. The lowest BCUT2D eigenvalue weighted by molar-refractivity contribution is -0.151. The fourth-order valence-corrected chi connectivity index (χ4v) is 8.30. The van der Waals surface area contributed by atoms with Gasteiger partial charge in [-0.15, -0.1) is 0 Å². The summed E-state index contributed by atoms with van der Waals surface area (Å²) in [7, 11) is -4.82. The molecule has 0 spiro atoms. The SMILES string of the molecule is CCCCCCCCCCCC(=O)O[C@H](CCCCCCCCCCC)CC(=O)NC(CCO)C(=O)NCCCC(COP(=O)(O)O)NC(=O)C[C@H](O)CCCCCCCCCCC. The van der Waals surface area contributed by atoms with Crippen molar-refractivity contribution in [2.24, 2.45) is 0 Å². The Hall–Kier alpha value is -2.09. The molecule has 7 N–H and O–H groups in total. The number of ether oxygens (including phenoxy) is 1. The molecule has 0 fully saturated rings. The summed E-state index contributed by atoms with van der Waals surface area (Å²) >= 11 is 0. The molecule has 4 atom stereocenters. The van der Waals surface area contributed by atoms with Crippen molar-refractivity contribution in [2.45, 2.75) is 270 Å². The van der Waals surface area contributed by atoms with E-state index in [9.17, 15) is 43.7 Å². The number of unbranched alkanes of at least 4 members (excludes halogenated alkanes) is 24. The molecule has 3 amide bonds. The number of hydrogen-bond donors (Lipinski definition) is 7. The van der Waals surface area contributed by atoms with Gasteiger partial charge < -0.3 is 40.7 Å². The van der Waals surface area contributed by atoms with Gasteiger partial charge in [0, 0.05) is 19.6 Å². The zero-order valence-corrected chi connectivity index (χ0v) is 41.7. The molecule has 2 unspecified atom stereocenters. The summed E-state index contributed by atoms with van der Waals surface area (Å²) in [6.45, 7) is 5.90. The Kier molecular flexibility index (Phi) is 42.1. The van der Waals surface area contributed by atoms with Crippen molar-refractivity contribution in [3.63, 3.8) is 0 Å². The van der Waals surface area contributed by atoms with Crippen LogP contribution in [-0.2, 0) is 33.0 Å². The molecule has 0 radical (unpaired) electrons. The molecule has 0 aliphatic rings. The van der Waals surface area contributed by atoms with Gasteiger partial charge in [0.25, 0.3) is 0 Å². The van der Waals surface area contributed by atoms with Crippen LogP contribution in [0.2, 0.25) is 0 Å². The predicted molar refractivity (Wildman–Crippen MR) is 256 cm³/mol. The third-order valence-corrected chi connectivity index (χ3v) is 12.3. The van der Waals surface area contributed by atoms with Crippen LogP contribution in [-0.4, -0.2) is 87.7 Å². The quantitative estimate of drug-likeness (QED) is 0.0173. The van der Waals surface area contributed by atoms with Crippen LogP contribution in [0.3, 0.4) is 0 Å². The van der Waals surface area contributed by atoms with E-state index in [1.54, 1.807) is 0 Å². The van der Waals surface area contributed by atoms with Crippen molar-refractivity contribution in [2.75, 3.05) is 19.8 Å². The average molecular weight is 934 g/mol.